The topological polar surface area (TPSA) is 45.1 Å². The molecule has 0 saturated carbocycles. The number of hydrogen-bond acceptors (Lipinski definition) is 5. The Hall–Kier alpha value is -1.95. The predicted molar refractivity (Wildman–Crippen MR) is 98.3 cm³/mol. The predicted octanol–water partition coefficient (Wildman–Crippen LogP) is 3.07. The van der Waals surface area contributed by atoms with Crippen LogP contribution in [0.15, 0.2) is 28.1 Å². The van der Waals surface area contributed by atoms with Crippen molar-refractivity contribution in [3.8, 4) is 5.75 Å². The van der Waals surface area contributed by atoms with Gasteiger partial charge in [-0.25, -0.2) is 0 Å². The molecular weight excluding hydrogens is 310 g/mol. The molecule has 1 aliphatic heterocycles. The summed E-state index contributed by atoms with van der Waals surface area (Å²) in [7, 11) is 5.08. The second-order valence-electron chi connectivity index (χ2n) is 5.08. The maximum atomic E-state index is 12.3. The summed E-state index contributed by atoms with van der Waals surface area (Å²) in [5.41, 5.74) is 2.01. The van der Waals surface area contributed by atoms with Gasteiger partial charge in [-0.3, -0.25) is 14.7 Å². The molecule has 0 radical (unpaired) electrons. The van der Waals surface area contributed by atoms with Crippen LogP contribution in [0.3, 0.4) is 0 Å². The van der Waals surface area contributed by atoms with Gasteiger partial charge in [-0.15, -0.1) is 0 Å². The van der Waals surface area contributed by atoms with E-state index >= 15 is 0 Å². The van der Waals surface area contributed by atoms with E-state index in [0.29, 0.717) is 10.1 Å². The van der Waals surface area contributed by atoms with Crippen LogP contribution in [0.5, 0.6) is 5.75 Å². The molecule has 0 spiro atoms. The average Bonchev–Trinajstić information content (AvgIpc) is 2.84. The third-order valence-electron chi connectivity index (χ3n) is 3.83. The van der Waals surface area contributed by atoms with E-state index in [1.807, 2.05) is 18.2 Å². The van der Waals surface area contributed by atoms with E-state index < -0.39 is 0 Å². The second-order valence-corrected chi connectivity index (χ2v) is 6.09. The molecule has 0 N–H and O–H groups in total. The summed E-state index contributed by atoms with van der Waals surface area (Å²) in [5.74, 6) is 0.727. The number of carbonyl (C=O) groups excluding carboxylic acids is 1. The number of ether oxygens (including phenoxy) is 1. The van der Waals surface area contributed by atoms with Crippen molar-refractivity contribution in [2.24, 2.45) is 4.99 Å². The lowest BCUT2D eigenvalue weighted by Gasteiger charge is -2.22. The molecule has 1 aliphatic rings. The van der Waals surface area contributed by atoms with Gasteiger partial charge in [-0.2, -0.15) is 0 Å². The van der Waals surface area contributed by atoms with Crippen molar-refractivity contribution in [2.45, 2.75) is 13.8 Å². The first-order valence-electron chi connectivity index (χ1n) is 7.63. The van der Waals surface area contributed by atoms with Gasteiger partial charge in [-0.05, 0) is 43.8 Å². The van der Waals surface area contributed by atoms with E-state index in [9.17, 15) is 4.79 Å². The average molecular weight is 333 g/mol. The van der Waals surface area contributed by atoms with Crippen LogP contribution in [0.25, 0.3) is 6.08 Å². The van der Waals surface area contributed by atoms with Crippen LogP contribution in [-0.2, 0) is 4.79 Å². The molecule has 0 unspecified atom stereocenters. The molecule has 0 atom stereocenters. The first-order valence-corrected chi connectivity index (χ1v) is 8.44. The molecule has 1 aromatic rings. The number of thioether (sulfide) groups is 1. The monoisotopic (exact) mass is 333 g/mol. The third kappa shape index (κ3) is 3.52. The van der Waals surface area contributed by atoms with E-state index in [-0.39, 0.29) is 5.91 Å². The maximum absolute atomic E-state index is 12.3. The Morgan fingerprint density at radius 1 is 1.35 bits per heavy atom. The summed E-state index contributed by atoms with van der Waals surface area (Å²) in [6.07, 6.45) is 1.87. The van der Waals surface area contributed by atoms with Crippen molar-refractivity contribution in [1.29, 1.82) is 0 Å². The molecule has 6 heteroatoms. The highest BCUT2D eigenvalue weighted by Gasteiger charge is 2.29. The van der Waals surface area contributed by atoms with Gasteiger partial charge in [0.1, 0.15) is 5.75 Å². The molecule has 1 saturated heterocycles. The minimum Gasteiger partial charge on any atom is -0.496 e. The highest BCUT2D eigenvalue weighted by Crippen LogP contribution is 2.34. The molecule has 0 bridgehead atoms. The molecule has 0 aliphatic carbocycles. The van der Waals surface area contributed by atoms with Gasteiger partial charge in [0.15, 0.2) is 5.17 Å². The number of methoxy groups -OCH3 is 1. The molecule has 124 valence electrons. The van der Waals surface area contributed by atoms with E-state index in [1.165, 1.54) is 11.8 Å². The number of benzene rings is 1. The smallest absolute Gasteiger partial charge is 0.266 e. The van der Waals surface area contributed by atoms with Crippen molar-refractivity contribution >= 4 is 34.6 Å². The van der Waals surface area contributed by atoms with E-state index in [1.54, 1.807) is 26.1 Å². The number of hydrogen-bond donors (Lipinski definition) is 0. The van der Waals surface area contributed by atoms with Crippen molar-refractivity contribution in [1.82, 2.24) is 4.90 Å². The first kappa shape index (κ1) is 17.4. The lowest BCUT2D eigenvalue weighted by Crippen LogP contribution is -2.23. The van der Waals surface area contributed by atoms with E-state index in [0.717, 1.165) is 30.1 Å². The fourth-order valence-electron chi connectivity index (χ4n) is 2.50. The van der Waals surface area contributed by atoms with Crippen LogP contribution in [0.1, 0.15) is 19.4 Å². The van der Waals surface area contributed by atoms with Crippen LogP contribution < -0.4 is 9.64 Å². The lowest BCUT2D eigenvalue weighted by molar-refractivity contribution is -0.121. The molecular formula is C17H23N3O2S. The van der Waals surface area contributed by atoms with Crippen LogP contribution in [0.2, 0.25) is 0 Å². The number of likely N-dealkylation sites (N-methyl/N-ethyl adjacent to an activating group) is 1. The highest BCUT2D eigenvalue weighted by atomic mass is 32.2. The zero-order valence-corrected chi connectivity index (χ0v) is 15.1. The largest absolute Gasteiger partial charge is 0.496 e. The number of nitrogens with zero attached hydrogens (tertiary/aromatic N) is 3. The molecule has 0 aromatic heterocycles. The van der Waals surface area contributed by atoms with E-state index in [2.05, 4.69) is 29.8 Å². The Labute approximate surface area is 142 Å². The third-order valence-corrected chi connectivity index (χ3v) is 4.98. The van der Waals surface area contributed by atoms with Crippen LogP contribution in [0, 0.1) is 0 Å². The summed E-state index contributed by atoms with van der Waals surface area (Å²) >= 11 is 1.38. The van der Waals surface area contributed by atoms with Gasteiger partial charge in [0.2, 0.25) is 0 Å². The Morgan fingerprint density at radius 3 is 2.57 bits per heavy atom. The Morgan fingerprint density at radius 2 is 2.04 bits per heavy atom. The van der Waals surface area contributed by atoms with Gasteiger partial charge in [0.05, 0.1) is 12.0 Å². The standard InChI is InChI=1S/C17H23N3O2S/c1-6-20(7-2)13-9-8-12(14(11-13)22-5)10-15-16(21)19(4)17(18-3)23-15/h8-11H,6-7H2,1-5H3. The minimum absolute atomic E-state index is 0.0366. The normalized spacial score (nSPS) is 18.1. The molecule has 1 amide bonds. The summed E-state index contributed by atoms with van der Waals surface area (Å²) in [4.78, 5) is 20.8. The molecule has 1 fully saturated rings. The first-order chi connectivity index (χ1) is 11.0. The quantitative estimate of drug-likeness (QED) is 0.777. The highest BCUT2D eigenvalue weighted by molar-refractivity contribution is 8.18. The molecule has 1 aromatic carbocycles. The minimum atomic E-state index is -0.0366. The second kappa shape index (κ2) is 7.55. The summed E-state index contributed by atoms with van der Waals surface area (Å²) < 4.78 is 5.52. The van der Waals surface area contributed by atoms with E-state index in [4.69, 9.17) is 4.74 Å². The number of amidine groups is 1. The fourth-order valence-corrected chi connectivity index (χ4v) is 3.41. The van der Waals surface area contributed by atoms with Crippen molar-refractivity contribution in [2.75, 3.05) is 39.2 Å². The van der Waals surface area contributed by atoms with Gasteiger partial charge < -0.3 is 9.64 Å². The lowest BCUT2D eigenvalue weighted by atomic mass is 10.1. The van der Waals surface area contributed by atoms with Gasteiger partial charge in [0.25, 0.3) is 5.91 Å². The van der Waals surface area contributed by atoms with Crippen molar-refractivity contribution in [3.63, 3.8) is 0 Å². The molecule has 1 heterocycles. The molecule has 5 nitrogen and oxygen atoms in total. The summed E-state index contributed by atoms with van der Waals surface area (Å²) in [6, 6.07) is 6.07. The summed E-state index contributed by atoms with van der Waals surface area (Å²) in [5, 5.41) is 0.708. The SMILES string of the molecule is CCN(CC)c1ccc(C=C2SC(=NC)N(C)C2=O)c(OC)c1. The zero-order valence-electron chi connectivity index (χ0n) is 14.3. The number of carbonyl (C=O) groups is 1. The fraction of sp³-hybridized carbons (Fsp3) is 0.412. The maximum Gasteiger partial charge on any atom is 0.266 e. The Kier molecular flexibility index (Phi) is 5.71. The Bertz CT molecular complexity index is 651. The van der Waals surface area contributed by atoms with Crippen LogP contribution in [0.4, 0.5) is 5.69 Å². The molecule has 2 rings (SSSR count). The van der Waals surface area contributed by atoms with Gasteiger partial charge >= 0.3 is 0 Å². The zero-order chi connectivity index (χ0) is 17.0. The number of aliphatic imine (C=N–C) groups is 1. The summed E-state index contributed by atoms with van der Waals surface area (Å²) in [6.45, 7) is 6.13. The van der Waals surface area contributed by atoms with Gasteiger partial charge in [-0.1, -0.05) is 0 Å². The molecule has 23 heavy (non-hydrogen) atoms. The number of amides is 1. The Balaban J connectivity index is 2.37. The van der Waals surface area contributed by atoms with Crippen molar-refractivity contribution in [3.05, 3.63) is 28.7 Å². The van der Waals surface area contributed by atoms with Gasteiger partial charge in [0, 0.05) is 44.5 Å². The van der Waals surface area contributed by atoms with Crippen molar-refractivity contribution < 1.29 is 9.53 Å². The van der Waals surface area contributed by atoms with Crippen LogP contribution in [-0.4, -0.2) is 50.3 Å². The number of anilines is 1. The number of rotatable bonds is 5. The van der Waals surface area contributed by atoms with Crippen LogP contribution >= 0.6 is 11.8 Å².